The average molecular weight is 325 g/mol. The second-order valence-electron chi connectivity index (χ2n) is 4.61. The van der Waals surface area contributed by atoms with Gasteiger partial charge in [-0.1, -0.05) is 11.6 Å². The SMILES string of the molecule is Nc1cc(Cl)c(F)cc1N1CC(CS(=O)(=O)F)CC1=O. The molecule has 1 aliphatic rings. The first kappa shape index (κ1) is 15.0. The molecule has 0 aliphatic carbocycles. The molecule has 1 heterocycles. The number of nitrogens with zero attached hydrogens (tertiary/aromatic N) is 1. The zero-order chi connectivity index (χ0) is 15.1. The highest BCUT2D eigenvalue weighted by molar-refractivity contribution is 7.86. The number of nitrogens with two attached hydrogens (primary N) is 1. The van der Waals surface area contributed by atoms with Crippen LogP contribution < -0.4 is 10.6 Å². The van der Waals surface area contributed by atoms with E-state index in [0.29, 0.717) is 0 Å². The van der Waals surface area contributed by atoms with Crippen LogP contribution in [0.1, 0.15) is 6.42 Å². The first-order valence-electron chi connectivity index (χ1n) is 5.64. The molecule has 5 nitrogen and oxygen atoms in total. The average Bonchev–Trinajstić information content (AvgIpc) is 2.62. The predicted octanol–water partition coefficient (Wildman–Crippen LogP) is 1.71. The lowest BCUT2D eigenvalue weighted by atomic mass is 10.1. The number of hydrogen-bond donors (Lipinski definition) is 1. The van der Waals surface area contributed by atoms with Crippen molar-refractivity contribution < 1.29 is 21.5 Å². The number of rotatable bonds is 3. The Labute approximate surface area is 119 Å². The summed E-state index contributed by atoms with van der Waals surface area (Å²) in [6, 6.07) is 2.17. The molecule has 1 fully saturated rings. The minimum atomic E-state index is -4.67. The van der Waals surface area contributed by atoms with Gasteiger partial charge in [0.2, 0.25) is 5.91 Å². The third kappa shape index (κ3) is 3.18. The van der Waals surface area contributed by atoms with Gasteiger partial charge in [-0.2, -0.15) is 8.42 Å². The van der Waals surface area contributed by atoms with Crippen LogP contribution in [0.3, 0.4) is 0 Å². The fraction of sp³-hybridized carbons (Fsp3) is 0.364. The molecule has 2 rings (SSSR count). The van der Waals surface area contributed by atoms with Crippen molar-refractivity contribution in [2.45, 2.75) is 6.42 Å². The van der Waals surface area contributed by atoms with Gasteiger partial charge in [0.15, 0.2) is 0 Å². The van der Waals surface area contributed by atoms with Gasteiger partial charge in [-0.15, -0.1) is 3.89 Å². The monoisotopic (exact) mass is 324 g/mol. The van der Waals surface area contributed by atoms with Crippen LogP contribution in [0.2, 0.25) is 5.02 Å². The number of benzene rings is 1. The fourth-order valence-electron chi connectivity index (χ4n) is 2.19. The Balaban J connectivity index is 2.26. The van der Waals surface area contributed by atoms with E-state index < -0.39 is 33.6 Å². The number of anilines is 2. The molecule has 0 saturated carbocycles. The van der Waals surface area contributed by atoms with Crippen molar-refractivity contribution in [1.29, 1.82) is 0 Å². The minimum absolute atomic E-state index is 0.0345. The molecule has 0 bridgehead atoms. The summed E-state index contributed by atoms with van der Waals surface area (Å²) in [5, 5.41) is -0.180. The minimum Gasteiger partial charge on any atom is -0.397 e. The second kappa shape index (κ2) is 5.17. The third-order valence-electron chi connectivity index (χ3n) is 3.00. The Bertz CT molecular complexity index is 666. The van der Waals surface area contributed by atoms with Crippen LogP contribution in [-0.2, 0) is 15.0 Å². The molecule has 1 aliphatic heterocycles. The van der Waals surface area contributed by atoms with E-state index in [4.69, 9.17) is 17.3 Å². The lowest BCUT2D eigenvalue weighted by molar-refractivity contribution is -0.117. The molecule has 0 spiro atoms. The van der Waals surface area contributed by atoms with Crippen molar-refractivity contribution in [1.82, 2.24) is 0 Å². The summed E-state index contributed by atoms with van der Waals surface area (Å²) >= 11 is 5.56. The molecular formula is C11H11ClF2N2O3S. The first-order chi connectivity index (χ1) is 9.17. The Morgan fingerprint density at radius 1 is 1.45 bits per heavy atom. The van der Waals surface area contributed by atoms with Gasteiger partial charge in [0.25, 0.3) is 0 Å². The van der Waals surface area contributed by atoms with Crippen molar-refractivity contribution >= 4 is 39.1 Å². The number of nitrogen functional groups attached to an aromatic ring is 1. The second-order valence-corrected chi connectivity index (χ2v) is 6.42. The summed E-state index contributed by atoms with van der Waals surface area (Å²) in [7, 11) is -4.67. The van der Waals surface area contributed by atoms with E-state index in [-0.39, 0.29) is 29.4 Å². The number of halogens is 3. The van der Waals surface area contributed by atoms with Crippen LogP contribution in [0.5, 0.6) is 0 Å². The van der Waals surface area contributed by atoms with Gasteiger partial charge in [0, 0.05) is 24.9 Å². The first-order valence-corrected chi connectivity index (χ1v) is 7.57. The lowest BCUT2D eigenvalue weighted by Gasteiger charge is -2.19. The normalized spacial score (nSPS) is 19.6. The van der Waals surface area contributed by atoms with Gasteiger partial charge in [0.1, 0.15) is 5.82 Å². The Morgan fingerprint density at radius 2 is 2.10 bits per heavy atom. The maximum Gasteiger partial charge on any atom is 0.302 e. The third-order valence-corrected chi connectivity index (χ3v) is 4.16. The van der Waals surface area contributed by atoms with Crippen LogP contribution in [0.15, 0.2) is 12.1 Å². The smallest absolute Gasteiger partial charge is 0.302 e. The molecule has 9 heteroatoms. The number of carbonyl (C=O) groups is 1. The largest absolute Gasteiger partial charge is 0.397 e. The molecule has 20 heavy (non-hydrogen) atoms. The van der Waals surface area contributed by atoms with E-state index in [2.05, 4.69) is 0 Å². The highest BCUT2D eigenvalue weighted by Crippen LogP contribution is 2.33. The zero-order valence-electron chi connectivity index (χ0n) is 10.1. The quantitative estimate of drug-likeness (QED) is 0.678. The topological polar surface area (TPSA) is 80.5 Å². The summed E-state index contributed by atoms with van der Waals surface area (Å²) in [6.07, 6.45) is -0.132. The Hall–Kier alpha value is -1.41. The van der Waals surface area contributed by atoms with Gasteiger partial charge in [-0.05, 0) is 6.07 Å². The zero-order valence-corrected chi connectivity index (χ0v) is 11.7. The molecule has 0 aromatic heterocycles. The molecule has 1 aromatic rings. The molecule has 2 N–H and O–H groups in total. The van der Waals surface area contributed by atoms with Crippen LogP contribution in [-0.4, -0.2) is 26.6 Å². The van der Waals surface area contributed by atoms with Gasteiger partial charge in [-0.25, -0.2) is 4.39 Å². The summed E-state index contributed by atoms with van der Waals surface area (Å²) in [5.74, 6) is -2.61. The van der Waals surface area contributed by atoms with E-state index in [1.165, 1.54) is 6.07 Å². The van der Waals surface area contributed by atoms with E-state index in [0.717, 1.165) is 11.0 Å². The molecule has 1 atom stereocenters. The molecule has 0 radical (unpaired) electrons. The molecule has 1 aromatic carbocycles. The molecule has 110 valence electrons. The molecule has 1 unspecified atom stereocenters. The van der Waals surface area contributed by atoms with E-state index in [1.54, 1.807) is 0 Å². The van der Waals surface area contributed by atoms with Gasteiger partial charge in [-0.3, -0.25) is 4.79 Å². The lowest BCUT2D eigenvalue weighted by Crippen LogP contribution is -2.26. The van der Waals surface area contributed by atoms with Gasteiger partial charge in [0.05, 0.1) is 22.2 Å². The number of amides is 1. The fourth-order valence-corrected chi connectivity index (χ4v) is 3.15. The van der Waals surface area contributed by atoms with Crippen molar-refractivity contribution in [2.75, 3.05) is 22.9 Å². The van der Waals surface area contributed by atoms with Crippen LogP contribution in [0.25, 0.3) is 0 Å². The van der Waals surface area contributed by atoms with Crippen LogP contribution in [0, 0.1) is 11.7 Å². The number of hydrogen-bond acceptors (Lipinski definition) is 4. The summed E-state index contributed by atoms with van der Waals surface area (Å²) < 4.78 is 47.3. The molecule has 1 saturated heterocycles. The van der Waals surface area contributed by atoms with Gasteiger partial charge >= 0.3 is 10.2 Å². The molecular weight excluding hydrogens is 314 g/mol. The standard InChI is InChI=1S/C11H11ClF2N2O3S/c12-7-2-9(15)10(3-8(7)13)16-4-6(1-11(16)17)5-20(14,18)19/h2-3,6H,1,4-5,15H2. The summed E-state index contributed by atoms with van der Waals surface area (Å²) in [4.78, 5) is 13.0. The van der Waals surface area contributed by atoms with Gasteiger partial charge < -0.3 is 10.6 Å². The Kier molecular flexibility index (Phi) is 3.88. The highest BCUT2D eigenvalue weighted by Gasteiger charge is 2.34. The number of carbonyl (C=O) groups excluding carboxylic acids is 1. The van der Waals surface area contributed by atoms with Crippen molar-refractivity contribution in [3.05, 3.63) is 23.0 Å². The Morgan fingerprint density at radius 3 is 2.70 bits per heavy atom. The van der Waals surface area contributed by atoms with Crippen LogP contribution in [0.4, 0.5) is 19.7 Å². The summed E-state index contributed by atoms with van der Waals surface area (Å²) in [5.41, 5.74) is 5.87. The van der Waals surface area contributed by atoms with E-state index >= 15 is 0 Å². The van der Waals surface area contributed by atoms with Crippen molar-refractivity contribution in [3.63, 3.8) is 0 Å². The summed E-state index contributed by atoms with van der Waals surface area (Å²) in [6.45, 7) is -0.0345. The van der Waals surface area contributed by atoms with Crippen molar-refractivity contribution in [3.8, 4) is 0 Å². The highest BCUT2D eigenvalue weighted by atomic mass is 35.5. The maximum atomic E-state index is 13.4. The van der Waals surface area contributed by atoms with Crippen LogP contribution >= 0.6 is 11.6 Å². The van der Waals surface area contributed by atoms with E-state index in [1.807, 2.05) is 0 Å². The van der Waals surface area contributed by atoms with E-state index in [9.17, 15) is 21.5 Å². The van der Waals surface area contributed by atoms with Crippen molar-refractivity contribution in [2.24, 2.45) is 5.92 Å². The maximum absolute atomic E-state index is 13.4. The molecule has 1 amide bonds. The predicted molar refractivity (Wildman–Crippen MR) is 71.2 cm³/mol.